The van der Waals surface area contributed by atoms with Crippen LogP contribution < -0.4 is 4.72 Å². The van der Waals surface area contributed by atoms with Crippen LogP contribution in [0.2, 0.25) is 0 Å². The minimum absolute atomic E-state index is 0.0530. The third-order valence-corrected chi connectivity index (χ3v) is 8.90. The standard InChI is InChI=1S/C30H27N5O4S2/c1-22-12-18-27(19-13-22)41(38,39)33-28(20-23-8-4-2-5-9-23)29-31-32-30(40-21-24-10-6-3-7-11-24)34(29)25-14-16-26(17-15-25)35(36)37/h2-19,28,33H,20-21H2,1H3. The Hall–Kier alpha value is -4.32. The first-order chi connectivity index (χ1) is 19.8. The molecule has 0 saturated carbocycles. The highest BCUT2D eigenvalue weighted by atomic mass is 32.2. The Bertz CT molecular complexity index is 1730. The van der Waals surface area contributed by atoms with Gasteiger partial charge in [-0.25, -0.2) is 13.1 Å². The van der Waals surface area contributed by atoms with Crippen LogP contribution in [-0.4, -0.2) is 28.1 Å². The predicted octanol–water partition coefficient (Wildman–Crippen LogP) is 6.04. The molecule has 0 aliphatic heterocycles. The predicted molar refractivity (Wildman–Crippen MR) is 158 cm³/mol. The molecular formula is C30H27N5O4S2. The van der Waals surface area contributed by atoms with Crippen molar-refractivity contribution >= 4 is 27.5 Å². The first-order valence-electron chi connectivity index (χ1n) is 12.8. The van der Waals surface area contributed by atoms with Crippen LogP contribution in [0.15, 0.2) is 119 Å². The number of sulfonamides is 1. The van der Waals surface area contributed by atoms with E-state index in [1.54, 1.807) is 41.0 Å². The SMILES string of the molecule is Cc1ccc(S(=O)(=O)NC(Cc2ccccc2)c2nnc(SCc3ccccc3)n2-c2ccc([N+](=O)[O-])cc2)cc1. The number of nitro groups is 1. The second-order valence-electron chi connectivity index (χ2n) is 9.40. The number of hydrogen-bond donors (Lipinski definition) is 1. The summed E-state index contributed by atoms with van der Waals surface area (Å²) in [5, 5.41) is 20.8. The van der Waals surface area contributed by atoms with Gasteiger partial charge < -0.3 is 0 Å². The largest absolute Gasteiger partial charge is 0.273 e. The van der Waals surface area contributed by atoms with Crippen LogP contribution in [0.3, 0.4) is 0 Å². The molecule has 11 heteroatoms. The van der Waals surface area contributed by atoms with Gasteiger partial charge in [-0.2, -0.15) is 0 Å². The Balaban J connectivity index is 1.58. The lowest BCUT2D eigenvalue weighted by Gasteiger charge is -2.20. The molecule has 0 amide bonds. The fourth-order valence-electron chi connectivity index (χ4n) is 4.30. The number of non-ortho nitro benzene ring substituents is 1. The number of aromatic nitrogens is 3. The zero-order chi connectivity index (χ0) is 28.8. The number of hydrogen-bond acceptors (Lipinski definition) is 7. The Morgan fingerprint density at radius 2 is 1.46 bits per heavy atom. The minimum atomic E-state index is -3.93. The molecule has 1 unspecified atom stereocenters. The molecule has 1 heterocycles. The smallest absolute Gasteiger partial charge is 0.269 e. The number of benzene rings is 4. The Kier molecular flexibility index (Phi) is 8.58. The molecule has 208 valence electrons. The maximum atomic E-state index is 13.6. The Morgan fingerprint density at radius 3 is 2.07 bits per heavy atom. The molecule has 9 nitrogen and oxygen atoms in total. The van der Waals surface area contributed by atoms with Gasteiger partial charge in [0.15, 0.2) is 11.0 Å². The van der Waals surface area contributed by atoms with Gasteiger partial charge in [-0.3, -0.25) is 14.7 Å². The van der Waals surface area contributed by atoms with Gasteiger partial charge in [0.2, 0.25) is 10.0 Å². The normalized spacial score (nSPS) is 12.2. The van der Waals surface area contributed by atoms with E-state index in [4.69, 9.17) is 0 Å². The van der Waals surface area contributed by atoms with E-state index in [0.717, 1.165) is 16.7 Å². The Labute approximate surface area is 242 Å². The number of thioether (sulfide) groups is 1. The monoisotopic (exact) mass is 585 g/mol. The van der Waals surface area contributed by atoms with Gasteiger partial charge in [0.1, 0.15) is 0 Å². The fourth-order valence-corrected chi connectivity index (χ4v) is 6.41. The highest BCUT2D eigenvalue weighted by molar-refractivity contribution is 7.98. The van der Waals surface area contributed by atoms with Gasteiger partial charge in [-0.05, 0) is 48.7 Å². The highest BCUT2D eigenvalue weighted by Gasteiger charge is 2.28. The van der Waals surface area contributed by atoms with Crippen molar-refractivity contribution in [1.82, 2.24) is 19.5 Å². The van der Waals surface area contributed by atoms with Crippen molar-refractivity contribution in [3.63, 3.8) is 0 Å². The minimum Gasteiger partial charge on any atom is -0.273 e. The van der Waals surface area contributed by atoms with Crippen LogP contribution in [0.5, 0.6) is 0 Å². The average molecular weight is 586 g/mol. The summed E-state index contributed by atoms with van der Waals surface area (Å²) in [5.74, 6) is 0.971. The summed E-state index contributed by atoms with van der Waals surface area (Å²) in [6.07, 6.45) is 0.306. The zero-order valence-corrected chi connectivity index (χ0v) is 23.8. The molecule has 4 aromatic carbocycles. The molecular weight excluding hydrogens is 558 g/mol. The lowest BCUT2D eigenvalue weighted by atomic mass is 10.1. The summed E-state index contributed by atoms with van der Waals surface area (Å²) in [6, 6.07) is 31.3. The van der Waals surface area contributed by atoms with Crippen LogP contribution in [0.25, 0.3) is 5.69 Å². The third kappa shape index (κ3) is 6.88. The highest BCUT2D eigenvalue weighted by Crippen LogP contribution is 2.30. The van der Waals surface area contributed by atoms with Crippen LogP contribution in [0, 0.1) is 17.0 Å². The second kappa shape index (κ2) is 12.5. The first-order valence-corrected chi connectivity index (χ1v) is 15.3. The molecule has 1 atom stereocenters. The first kappa shape index (κ1) is 28.2. The topological polar surface area (TPSA) is 120 Å². The second-order valence-corrected chi connectivity index (χ2v) is 12.1. The summed E-state index contributed by atoms with van der Waals surface area (Å²) in [4.78, 5) is 11.0. The van der Waals surface area contributed by atoms with Gasteiger partial charge in [0.05, 0.1) is 15.9 Å². The molecule has 0 spiro atoms. The third-order valence-electron chi connectivity index (χ3n) is 6.41. The molecule has 0 aliphatic carbocycles. The number of nitrogens with one attached hydrogen (secondary N) is 1. The van der Waals surface area contributed by atoms with E-state index in [9.17, 15) is 18.5 Å². The summed E-state index contributed by atoms with van der Waals surface area (Å²) in [6.45, 7) is 1.89. The van der Waals surface area contributed by atoms with E-state index in [1.807, 2.05) is 67.6 Å². The van der Waals surface area contributed by atoms with Crippen molar-refractivity contribution < 1.29 is 13.3 Å². The van der Waals surface area contributed by atoms with Gasteiger partial charge in [0.25, 0.3) is 5.69 Å². The molecule has 5 aromatic rings. The van der Waals surface area contributed by atoms with Crippen molar-refractivity contribution in [3.05, 3.63) is 142 Å². The molecule has 1 N–H and O–H groups in total. The van der Waals surface area contributed by atoms with E-state index >= 15 is 0 Å². The van der Waals surface area contributed by atoms with E-state index in [-0.39, 0.29) is 10.6 Å². The van der Waals surface area contributed by atoms with Gasteiger partial charge in [0, 0.05) is 23.6 Å². The van der Waals surface area contributed by atoms with Gasteiger partial charge in [-0.1, -0.05) is 90.1 Å². The molecule has 1 aromatic heterocycles. The van der Waals surface area contributed by atoms with Crippen molar-refractivity contribution in [1.29, 1.82) is 0 Å². The summed E-state index contributed by atoms with van der Waals surface area (Å²) in [5.41, 5.74) is 3.46. The van der Waals surface area contributed by atoms with Crippen LogP contribution >= 0.6 is 11.8 Å². The molecule has 0 saturated heterocycles. The molecule has 0 bridgehead atoms. The van der Waals surface area contributed by atoms with Crippen molar-refractivity contribution in [2.24, 2.45) is 0 Å². The van der Waals surface area contributed by atoms with Crippen molar-refractivity contribution in [2.45, 2.75) is 35.2 Å². The van der Waals surface area contributed by atoms with Crippen LogP contribution in [0.1, 0.15) is 28.6 Å². The molecule has 0 radical (unpaired) electrons. The summed E-state index contributed by atoms with van der Waals surface area (Å²) >= 11 is 1.44. The average Bonchev–Trinajstić information content (AvgIpc) is 3.41. The van der Waals surface area contributed by atoms with Crippen LogP contribution in [-0.2, 0) is 22.2 Å². The van der Waals surface area contributed by atoms with Gasteiger partial charge in [-0.15, -0.1) is 10.2 Å². The quantitative estimate of drug-likeness (QED) is 0.114. The fraction of sp³-hybridized carbons (Fsp3) is 0.133. The molecule has 41 heavy (non-hydrogen) atoms. The zero-order valence-electron chi connectivity index (χ0n) is 22.1. The maximum absolute atomic E-state index is 13.6. The van der Waals surface area contributed by atoms with Crippen LogP contribution in [0.4, 0.5) is 5.69 Å². The molecule has 5 rings (SSSR count). The van der Waals surface area contributed by atoms with Crippen molar-refractivity contribution in [3.8, 4) is 5.69 Å². The number of rotatable bonds is 11. The molecule has 0 fully saturated rings. The number of nitrogens with zero attached hydrogens (tertiary/aromatic N) is 4. The van der Waals surface area contributed by atoms with E-state index < -0.39 is 21.0 Å². The lowest BCUT2D eigenvalue weighted by molar-refractivity contribution is -0.384. The summed E-state index contributed by atoms with van der Waals surface area (Å²) < 4.78 is 31.7. The lowest BCUT2D eigenvalue weighted by Crippen LogP contribution is -2.32. The van der Waals surface area contributed by atoms with E-state index in [1.165, 1.54) is 23.9 Å². The number of nitro benzene ring substituents is 1. The van der Waals surface area contributed by atoms with E-state index in [2.05, 4.69) is 14.9 Å². The summed E-state index contributed by atoms with van der Waals surface area (Å²) in [7, 11) is -3.93. The maximum Gasteiger partial charge on any atom is 0.269 e. The Morgan fingerprint density at radius 1 is 0.854 bits per heavy atom. The molecule has 0 aliphatic rings. The van der Waals surface area contributed by atoms with E-state index in [0.29, 0.717) is 28.8 Å². The van der Waals surface area contributed by atoms with Crippen molar-refractivity contribution in [2.75, 3.05) is 0 Å². The van der Waals surface area contributed by atoms with Gasteiger partial charge >= 0.3 is 0 Å². The number of aryl methyl sites for hydroxylation is 1.